The van der Waals surface area contributed by atoms with Gasteiger partial charge in [-0.3, -0.25) is 0 Å². The first-order chi connectivity index (χ1) is 8.60. The summed E-state index contributed by atoms with van der Waals surface area (Å²) in [5.41, 5.74) is 0.445. The van der Waals surface area contributed by atoms with Gasteiger partial charge in [0.15, 0.2) is 0 Å². The topological polar surface area (TPSA) is 55.8 Å². The van der Waals surface area contributed by atoms with E-state index >= 15 is 0 Å². The Bertz CT molecular complexity index is 410. The molecule has 0 N–H and O–H groups in total. The van der Waals surface area contributed by atoms with Crippen LogP contribution in [0.5, 0.6) is 0 Å². The second-order valence-corrected chi connectivity index (χ2v) is 3.82. The lowest BCUT2D eigenvalue weighted by Gasteiger charge is -2.21. The summed E-state index contributed by atoms with van der Waals surface area (Å²) < 4.78 is 4.59. The van der Waals surface area contributed by atoms with E-state index < -0.39 is 12.1 Å². The number of methoxy groups -OCH3 is 1. The van der Waals surface area contributed by atoms with Crippen LogP contribution in [0.3, 0.4) is 0 Å². The van der Waals surface area contributed by atoms with Crippen LogP contribution in [0.2, 0.25) is 0 Å². The van der Waals surface area contributed by atoms with Crippen molar-refractivity contribution in [2.75, 3.05) is 12.2 Å². The summed E-state index contributed by atoms with van der Waals surface area (Å²) in [7, 11) is 1.23. The summed E-state index contributed by atoms with van der Waals surface area (Å²) in [5.74, 6) is -0.743. The van der Waals surface area contributed by atoms with Crippen LogP contribution >= 0.6 is 12.4 Å². The lowest BCUT2D eigenvalue weighted by atomic mass is 10.1. The molecule has 0 bridgehead atoms. The first-order valence-corrected chi connectivity index (χ1v) is 5.75. The molecule has 0 aromatic heterocycles. The fourth-order valence-electron chi connectivity index (χ4n) is 1.19. The molecule has 1 aromatic rings. The minimum atomic E-state index is -0.738. The smallest absolute Gasteiger partial charge is 0.447 e. The molecule has 0 radical (unpaired) electrons. The number of benzene rings is 1. The van der Waals surface area contributed by atoms with E-state index in [0.717, 1.165) is 5.06 Å². The number of carbonyl (C=O) groups is 2. The SMILES string of the molecule is CCC(C)C(=O)ON(C(=O)OC)c1ccccc1.Cl. The molecular weight excluding hydrogens is 270 g/mol. The molecule has 1 rings (SSSR count). The Morgan fingerprint density at radius 3 is 2.32 bits per heavy atom. The van der Waals surface area contributed by atoms with Gasteiger partial charge in [0.25, 0.3) is 0 Å². The van der Waals surface area contributed by atoms with E-state index in [4.69, 9.17) is 4.84 Å². The van der Waals surface area contributed by atoms with E-state index in [9.17, 15) is 9.59 Å². The summed E-state index contributed by atoms with van der Waals surface area (Å²) in [4.78, 5) is 28.4. The first kappa shape index (κ1) is 17.2. The van der Waals surface area contributed by atoms with E-state index in [2.05, 4.69) is 4.74 Å². The highest BCUT2D eigenvalue weighted by atomic mass is 35.5. The third-order valence-electron chi connectivity index (χ3n) is 2.53. The Hall–Kier alpha value is -1.75. The van der Waals surface area contributed by atoms with Gasteiger partial charge in [-0.15, -0.1) is 17.5 Å². The molecular formula is C13H18ClNO4. The van der Waals surface area contributed by atoms with Crippen molar-refractivity contribution in [2.45, 2.75) is 20.3 Å². The second kappa shape index (κ2) is 8.37. The number of para-hydroxylation sites is 1. The number of carbonyl (C=O) groups excluding carboxylic acids is 2. The number of nitrogens with zero attached hydrogens (tertiary/aromatic N) is 1. The molecule has 0 spiro atoms. The lowest BCUT2D eigenvalue weighted by Crippen LogP contribution is -2.35. The van der Waals surface area contributed by atoms with Crippen molar-refractivity contribution in [3.63, 3.8) is 0 Å². The van der Waals surface area contributed by atoms with Crippen LogP contribution < -0.4 is 5.06 Å². The van der Waals surface area contributed by atoms with Crippen LogP contribution in [0, 0.1) is 5.92 Å². The van der Waals surface area contributed by atoms with Gasteiger partial charge >= 0.3 is 12.1 Å². The van der Waals surface area contributed by atoms with Crippen molar-refractivity contribution in [1.29, 1.82) is 0 Å². The number of ether oxygens (including phenoxy) is 1. The third-order valence-corrected chi connectivity index (χ3v) is 2.53. The molecule has 0 aliphatic carbocycles. The van der Waals surface area contributed by atoms with Crippen molar-refractivity contribution in [3.8, 4) is 0 Å². The maximum absolute atomic E-state index is 11.7. The summed E-state index contributed by atoms with van der Waals surface area (Å²) in [6.45, 7) is 3.61. The Kier molecular flexibility index (Phi) is 7.60. The van der Waals surface area contributed by atoms with Crippen LogP contribution in [0.4, 0.5) is 10.5 Å². The number of rotatable bonds is 3. The predicted octanol–water partition coefficient (Wildman–Crippen LogP) is 3.19. The van der Waals surface area contributed by atoms with E-state index in [-0.39, 0.29) is 18.3 Å². The molecule has 1 atom stereocenters. The summed E-state index contributed by atoms with van der Waals surface area (Å²) in [6.07, 6.45) is -0.0966. The van der Waals surface area contributed by atoms with Crippen molar-refractivity contribution in [1.82, 2.24) is 0 Å². The lowest BCUT2D eigenvalue weighted by molar-refractivity contribution is -0.148. The van der Waals surface area contributed by atoms with Gasteiger partial charge in [-0.2, -0.15) is 0 Å². The number of hydrogen-bond acceptors (Lipinski definition) is 4. The van der Waals surface area contributed by atoms with E-state index in [1.54, 1.807) is 37.3 Å². The Morgan fingerprint density at radius 2 is 1.84 bits per heavy atom. The van der Waals surface area contributed by atoms with Crippen molar-refractivity contribution in [3.05, 3.63) is 30.3 Å². The van der Waals surface area contributed by atoms with Gasteiger partial charge < -0.3 is 9.57 Å². The summed E-state index contributed by atoms with van der Waals surface area (Å²) in [5, 5.41) is 0.856. The normalized spacial score (nSPS) is 10.9. The average Bonchev–Trinajstić information content (AvgIpc) is 2.43. The van der Waals surface area contributed by atoms with Crippen molar-refractivity contribution >= 4 is 30.2 Å². The number of anilines is 1. The fraction of sp³-hybridized carbons (Fsp3) is 0.385. The average molecular weight is 288 g/mol. The molecule has 0 aliphatic rings. The predicted molar refractivity (Wildman–Crippen MR) is 74.1 cm³/mol. The van der Waals surface area contributed by atoms with Gasteiger partial charge in [0.2, 0.25) is 0 Å². The van der Waals surface area contributed by atoms with Gasteiger partial charge in [0.1, 0.15) is 0 Å². The van der Waals surface area contributed by atoms with Gasteiger partial charge in [-0.1, -0.05) is 32.0 Å². The van der Waals surface area contributed by atoms with Gasteiger partial charge in [0, 0.05) is 0 Å². The number of amides is 1. The number of hydroxylamine groups is 1. The van der Waals surface area contributed by atoms with E-state index in [1.807, 2.05) is 6.92 Å². The standard InChI is InChI=1S/C13H17NO4.ClH/c1-4-10(2)12(15)18-14(13(16)17-3)11-8-6-5-7-9-11;/h5-10H,4H2,1-3H3;1H. The number of hydrogen-bond donors (Lipinski definition) is 0. The van der Waals surface area contributed by atoms with Crippen LogP contribution in [0.25, 0.3) is 0 Å². The molecule has 5 nitrogen and oxygen atoms in total. The highest BCUT2D eigenvalue weighted by Gasteiger charge is 2.23. The molecule has 0 fully saturated rings. The summed E-state index contributed by atoms with van der Waals surface area (Å²) in [6, 6.07) is 8.59. The van der Waals surface area contributed by atoms with Crippen LogP contribution in [0.15, 0.2) is 30.3 Å². The maximum atomic E-state index is 11.7. The zero-order valence-electron chi connectivity index (χ0n) is 11.2. The first-order valence-electron chi connectivity index (χ1n) is 5.75. The molecule has 1 aromatic carbocycles. The molecule has 1 amide bonds. The molecule has 0 saturated heterocycles. The highest BCUT2D eigenvalue weighted by Crippen LogP contribution is 2.16. The van der Waals surface area contributed by atoms with E-state index in [1.165, 1.54) is 7.11 Å². The van der Waals surface area contributed by atoms with Gasteiger partial charge in [-0.05, 0) is 18.6 Å². The highest BCUT2D eigenvalue weighted by molar-refractivity contribution is 5.88. The van der Waals surface area contributed by atoms with Crippen molar-refractivity contribution < 1.29 is 19.2 Å². The fourth-order valence-corrected chi connectivity index (χ4v) is 1.19. The van der Waals surface area contributed by atoms with Gasteiger partial charge in [0.05, 0.1) is 18.7 Å². The minimum Gasteiger partial charge on any atom is -0.450 e. The molecule has 6 heteroatoms. The molecule has 0 saturated carbocycles. The number of halogens is 1. The Morgan fingerprint density at radius 1 is 1.26 bits per heavy atom. The molecule has 19 heavy (non-hydrogen) atoms. The van der Waals surface area contributed by atoms with E-state index in [0.29, 0.717) is 12.1 Å². The van der Waals surface area contributed by atoms with Crippen LogP contribution in [0.1, 0.15) is 20.3 Å². The molecule has 0 aliphatic heterocycles. The molecule has 106 valence electrons. The Balaban J connectivity index is 0.00000324. The van der Waals surface area contributed by atoms with Gasteiger partial charge in [-0.25, -0.2) is 9.59 Å². The quantitative estimate of drug-likeness (QED) is 0.801. The van der Waals surface area contributed by atoms with Crippen molar-refractivity contribution in [2.24, 2.45) is 5.92 Å². The largest absolute Gasteiger partial charge is 0.450 e. The zero-order chi connectivity index (χ0) is 13.5. The zero-order valence-corrected chi connectivity index (χ0v) is 12.0. The van der Waals surface area contributed by atoms with Crippen LogP contribution in [-0.2, 0) is 14.4 Å². The summed E-state index contributed by atoms with van der Waals surface area (Å²) >= 11 is 0. The third kappa shape index (κ3) is 4.79. The minimum absolute atomic E-state index is 0. The monoisotopic (exact) mass is 287 g/mol. The molecule has 0 heterocycles. The maximum Gasteiger partial charge on any atom is 0.447 e. The Labute approximate surface area is 118 Å². The molecule has 1 unspecified atom stereocenters. The van der Waals surface area contributed by atoms with Crippen LogP contribution in [-0.4, -0.2) is 19.2 Å². The second-order valence-electron chi connectivity index (χ2n) is 3.82.